The van der Waals surface area contributed by atoms with Crippen molar-refractivity contribution < 1.29 is 4.52 Å². The SMILES string of the molecule is CC.C\C=C/C(=C\C(C)=C\CC)c1noc(CN)n1. The lowest BCUT2D eigenvalue weighted by Crippen LogP contribution is -1.96. The number of hydrogen-bond acceptors (Lipinski definition) is 4. The Bertz CT molecular complexity index is 442. The topological polar surface area (TPSA) is 64.9 Å². The monoisotopic (exact) mass is 263 g/mol. The van der Waals surface area contributed by atoms with Crippen molar-refractivity contribution in [1.29, 1.82) is 0 Å². The summed E-state index contributed by atoms with van der Waals surface area (Å²) in [5.74, 6) is 1.03. The van der Waals surface area contributed by atoms with Gasteiger partial charge in [0, 0.05) is 5.57 Å². The molecule has 1 aromatic heterocycles. The summed E-state index contributed by atoms with van der Waals surface area (Å²) >= 11 is 0. The maximum atomic E-state index is 5.44. The molecule has 0 unspecified atom stereocenters. The molecule has 0 aromatic carbocycles. The van der Waals surface area contributed by atoms with Gasteiger partial charge in [-0.05, 0) is 26.3 Å². The van der Waals surface area contributed by atoms with Crippen LogP contribution < -0.4 is 5.73 Å². The summed E-state index contributed by atoms with van der Waals surface area (Å²) in [6.07, 6.45) is 9.09. The molecule has 0 spiro atoms. The molecule has 19 heavy (non-hydrogen) atoms. The molecule has 1 heterocycles. The second-order valence-electron chi connectivity index (χ2n) is 3.67. The van der Waals surface area contributed by atoms with Crippen LogP contribution in [-0.4, -0.2) is 10.1 Å². The Morgan fingerprint density at radius 3 is 2.53 bits per heavy atom. The lowest BCUT2D eigenvalue weighted by molar-refractivity contribution is 0.378. The van der Waals surface area contributed by atoms with Crippen molar-refractivity contribution in [3.8, 4) is 0 Å². The van der Waals surface area contributed by atoms with Crippen LogP contribution in [0.15, 0.2) is 34.4 Å². The van der Waals surface area contributed by atoms with Crippen LogP contribution in [0, 0.1) is 0 Å². The van der Waals surface area contributed by atoms with Crippen LogP contribution in [0.1, 0.15) is 52.8 Å². The van der Waals surface area contributed by atoms with Crippen molar-refractivity contribution in [2.45, 2.75) is 47.6 Å². The van der Waals surface area contributed by atoms with Crippen LogP contribution in [0.3, 0.4) is 0 Å². The second-order valence-corrected chi connectivity index (χ2v) is 3.67. The molecular formula is C15H25N3O. The summed E-state index contributed by atoms with van der Waals surface area (Å²) in [6.45, 7) is 10.4. The number of hydrogen-bond donors (Lipinski definition) is 1. The van der Waals surface area contributed by atoms with E-state index in [4.69, 9.17) is 10.3 Å². The predicted molar refractivity (Wildman–Crippen MR) is 80.4 cm³/mol. The molecule has 4 nitrogen and oxygen atoms in total. The highest BCUT2D eigenvalue weighted by molar-refractivity contribution is 5.71. The minimum absolute atomic E-state index is 0.264. The third-order valence-electron chi connectivity index (χ3n) is 2.16. The van der Waals surface area contributed by atoms with E-state index in [9.17, 15) is 0 Å². The highest BCUT2D eigenvalue weighted by atomic mass is 16.5. The normalized spacial score (nSPS) is 12.5. The third-order valence-corrected chi connectivity index (χ3v) is 2.16. The second kappa shape index (κ2) is 10.3. The quantitative estimate of drug-likeness (QED) is 0.819. The molecule has 1 aromatic rings. The summed E-state index contributed by atoms with van der Waals surface area (Å²) < 4.78 is 5.00. The molecule has 0 aliphatic rings. The maximum absolute atomic E-state index is 5.44. The van der Waals surface area contributed by atoms with Gasteiger partial charge in [-0.15, -0.1) is 0 Å². The summed E-state index contributed by atoms with van der Waals surface area (Å²) in [4.78, 5) is 4.21. The van der Waals surface area contributed by atoms with Crippen molar-refractivity contribution >= 4 is 5.57 Å². The van der Waals surface area contributed by atoms with Gasteiger partial charge in [0.15, 0.2) is 0 Å². The average Bonchev–Trinajstić information content (AvgIpc) is 2.89. The molecule has 0 aliphatic heterocycles. The Kier molecular flexibility index (Phi) is 9.35. The van der Waals surface area contributed by atoms with Crippen molar-refractivity contribution in [1.82, 2.24) is 10.1 Å². The van der Waals surface area contributed by atoms with Crippen molar-refractivity contribution in [3.63, 3.8) is 0 Å². The van der Waals surface area contributed by atoms with E-state index in [0.29, 0.717) is 11.7 Å². The molecule has 0 amide bonds. The molecular weight excluding hydrogens is 238 g/mol. The summed E-state index contributed by atoms with van der Waals surface area (Å²) in [6, 6.07) is 0. The average molecular weight is 263 g/mol. The summed E-state index contributed by atoms with van der Waals surface area (Å²) in [5.41, 5.74) is 7.55. The van der Waals surface area contributed by atoms with Crippen LogP contribution in [0.25, 0.3) is 5.57 Å². The van der Waals surface area contributed by atoms with Crippen molar-refractivity contribution in [2.24, 2.45) is 5.73 Å². The zero-order chi connectivity index (χ0) is 14.7. The van der Waals surface area contributed by atoms with Gasteiger partial charge in [0.25, 0.3) is 0 Å². The maximum Gasteiger partial charge on any atom is 0.240 e. The Labute approximate surface area is 116 Å². The standard InChI is InChI=1S/C13H19N3O.C2H6/c1-4-6-10(3)8-11(7-5-2)13-15-12(9-14)17-16-13;1-2/h5-8H,4,9,14H2,1-3H3;1-2H3/b7-5-,10-6+,11-8+;. The first-order valence-corrected chi connectivity index (χ1v) is 6.75. The lowest BCUT2D eigenvalue weighted by Gasteiger charge is -1.96. The van der Waals surface area contributed by atoms with E-state index < -0.39 is 0 Å². The number of rotatable bonds is 5. The first kappa shape index (κ1) is 17.3. The van der Waals surface area contributed by atoms with Gasteiger partial charge < -0.3 is 10.3 Å². The molecule has 0 bridgehead atoms. The number of allylic oxidation sites excluding steroid dienone is 6. The molecule has 2 N–H and O–H groups in total. The molecule has 0 atom stereocenters. The van der Waals surface area contributed by atoms with Gasteiger partial charge in [-0.25, -0.2) is 0 Å². The van der Waals surface area contributed by atoms with E-state index in [1.54, 1.807) is 0 Å². The smallest absolute Gasteiger partial charge is 0.240 e. The largest absolute Gasteiger partial charge is 0.338 e. The lowest BCUT2D eigenvalue weighted by atomic mass is 10.1. The number of aromatic nitrogens is 2. The van der Waals surface area contributed by atoms with Crippen LogP contribution >= 0.6 is 0 Å². The predicted octanol–water partition coefficient (Wildman–Crippen LogP) is 3.87. The highest BCUT2D eigenvalue weighted by Gasteiger charge is 2.07. The van der Waals surface area contributed by atoms with Crippen molar-refractivity contribution in [2.75, 3.05) is 0 Å². The minimum atomic E-state index is 0.264. The van der Waals surface area contributed by atoms with E-state index in [2.05, 4.69) is 30.1 Å². The first-order valence-electron chi connectivity index (χ1n) is 6.75. The van der Waals surface area contributed by atoms with Gasteiger partial charge in [0.2, 0.25) is 11.7 Å². The van der Waals surface area contributed by atoms with Gasteiger partial charge >= 0.3 is 0 Å². The fraction of sp³-hybridized carbons (Fsp3) is 0.467. The molecule has 4 heteroatoms. The van der Waals surface area contributed by atoms with E-state index in [1.165, 1.54) is 5.57 Å². The number of nitrogens with two attached hydrogens (primary N) is 1. The molecule has 0 fully saturated rings. The molecule has 106 valence electrons. The Balaban J connectivity index is 0.00000154. The Hall–Kier alpha value is -1.68. The van der Waals surface area contributed by atoms with Crippen LogP contribution in [0.4, 0.5) is 0 Å². The van der Waals surface area contributed by atoms with Gasteiger partial charge in [-0.3, -0.25) is 0 Å². The van der Waals surface area contributed by atoms with Gasteiger partial charge in [-0.2, -0.15) is 4.98 Å². The van der Waals surface area contributed by atoms with Crippen LogP contribution in [0.2, 0.25) is 0 Å². The molecule has 0 saturated heterocycles. The fourth-order valence-corrected chi connectivity index (χ4v) is 1.45. The molecule has 0 saturated carbocycles. The highest BCUT2D eigenvalue weighted by Crippen LogP contribution is 2.15. The van der Waals surface area contributed by atoms with Crippen molar-refractivity contribution in [3.05, 3.63) is 41.6 Å². The van der Waals surface area contributed by atoms with Gasteiger partial charge in [-0.1, -0.05) is 49.7 Å². The molecule has 1 rings (SSSR count). The van der Waals surface area contributed by atoms with Gasteiger partial charge in [0.05, 0.1) is 6.54 Å². The van der Waals surface area contributed by atoms with Gasteiger partial charge in [0.1, 0.15) is 0 Å². The summed E-state index contributed by atoms with van der Waals surface area (Å²) in [5, 5.41) is 3.91. The number of nitrogens with zero attached hydrogens (tertiary/aromatic N) is 2. The van der Waals surface area contributed by atoms with Crippen LogP contribution in [-0.2, 0) is 6.54 Å². The van der Waals surface area contributed by atoms with E-state index >= 15 is 0 Å². The zero-order valence-corrected chi connectivity index (χ0v) is 12.6. The minimum Gasteiger partial charge on any atom is -0.338 e. The van der Waals surface area contributed by atoms with E-state index in [-0.39, 0.29) is 6.54 Å². The fourth-order valence-electron chi connectivity index (χ4n) is 1.45. The first-order chi connectivity index (χ1) is 9.21. The van der Waals surface area contributed by atoms with E-state index in [0.717, 1.165) is 12.0 Å². The molecule has 0 radical (unpaired) electrons. The Morgan fingerprint density at radius 1 is 1.37 bits per heavy atom. The zero-order valence-electron chi connectivity index (χ0n) is 12.6. The third kappa shape index (κ3) is 6.15. The molecule has 0 aliphatic carbocycles. The van der Waals surface area contributed by atoms with E-state index in [1.807, 2.05) is 39.0 Å². The summed E-state index contributed by atoms with van der Waals surface area (Å²) in [7, 11) is 0. The Morgan fingerprint density at radius 2 is 2.05 bits per heavy atom. The van der Waals surface area contributed by atoms with Crippen LogP contribution in [0.5, 0.6) is 0 Å².